The van der Waals surface area contributed by atoms with Gasteiger partial charge in [-0.2, -0.15) is 0 Å². The van der Waals surface area contributed by atoms with E-state index in [0.717, 1.165) is 19.4 Å². The molecule has 0 amide bonds. The molecule has 3 nitrogen and oxygen atoms in total. The van der Waals surface area contributed by atoms with Crippen molar-refractivity contribution < 1.29 is 10.2 Å². The fourth-order valence-corrected chi connectivity index (χ4v) is 2.24. The number of rotatable bonds is 4. The molecule has 0 aliphatic heterocycles. The maximum atomic E-state index is 9.88. The maximum absolute atomic E-state index is 9.88. The molecule has 0 aromatic carbocycles. The van der Waals surface area contributed by atoms with E-state index in [9.17, 15) is 5.11 Å². The van der Waals surface area contributed by atoms with Gasteiger partial charge in [-0.1, -0.05) is 19.3 Å². The van der Waals surface area contributed by atoms with Gasteiger partial charge in [0.25, 0.3) is 0 Å². The minimum atomic E-state index is -0.126. The molecule has 2 unspecified atom stereocenters. The minimum Gasteiger partial charge on any atom is -0.395 e. The quantitative estimate of drug-likeness (QED) is 0.663. The van der Waals surface area contributed by atoms with Gasteiger partial charge in [-0.25, -0.2) is 0 Å². The van der Waals surface area contributed by atoms with Gasteiger partial charge in [0.05, 0.1) is 12.7 Å². The Labute approximate surface area is 86.7 Å². The number of likely N-dealkylation sites (N-methyl/N-ethyl adjacent to an activating group) is 1. The highest BCUT2D eigenvalue weighted by atomic mass is 16.3. The molecule has 2 atom stereocenters. The monoisotopic (exact) mass is 201 g/mol. The summed E-state index contributed by atoms with van der Waals surface area (Å²) >= 11 is 0. The second-order valence-corrected chi connectivity index (χ2v) is 4.45. The van der Waals surface area contributed by atoms with Gasteiger partial charge in [0.1, 0.15) is 0 Å². The Morgan fingerprint density at radius 2 is 1.93 bits per heavy atom. The zero-order valence-electron chi connectivity index (χ0n) is 9.15. The summed E-state index contributed by atoms with van der Waals surface area (Å²) in [6.07, 6.45) is 5.64. The highest BCUT2D eigenvalue weighted by Crippen LogP contribution is 2.23. The van der Waals surface area contributed by atoms with Gasteiger partial charge < -0.3 is 15.1 Å². The molecule has 3 heteroatoms. The summed E-state index contributed by atoms with van der Waals surface area (Å²) < 4.78 is 0. The van der Waals surface area contributed by atoms with Crippen LogP contribution >= 0.6 is 0 Å². The highest BCUT2D eigenvalue weighted by molar-refractivity contribution is 4.75. The Bertz CT molecular complexity index is 152. The number of aliphatic hydroxyl groups is 2. The summed E-state index contributed by atoms with van der Waals surface area (Å²) in [5.74, 6) is 0.411. The lowest BCUT2D eigenvalue weighted by molar-refractivity contribution is 0.0753. The van der Waals surface area contributed by atoms with Gasteiger partial charge >= 0.3 is 0 Å². The number of nitrogens with zero attached hydrogens (tertiary/aromatic N) is 1. The van der Waals surface area contributed by atoms with Crippen LogP contribution in [0.2, 0.25) is 0 Å². The maximum Gasteiger partial charge on any atom is 0.0580 e. The molecule has 0 aromatic rings. The Morgan fingerprint density at radius 3 is 2.64 bits per heavy atom. The predicted octanol–water partition coefficient (Wildman–Crippen LogP) is 0.852. The van der Waals surface area contributed by atoms with Gasteiger partial charge in [0, 0.05) is 13.1 Å². The van der Waals surface area contributed by atoms with Crippen LogP contribution in [0.4, 0.5) is 0 Å². The van der Waals surface area contributed by atoms with E-state index >= 15 is 0 Å². The van der Waals surface area contributed by atoms with Crippen molar-refractivity contribution >= 4 is 0 Å². The van der Waals surface area contributed by atoms with Crippen molar-refractivity contribution in [3.8, 4) is 0 Å². The van der Waals surface area contributed by atoms with Crippen LogP contribution in [0.3, 0.4) is 0 Å². The zero-order chi connectivity index (χ0) is 10.4. The number of hydrogen-bond donors (Lipinski definition) is 2. The van der Waals surface area contributed by atoms with Crippen molar-refractivity contribution in [2.75, 3.05) is 26.7 Å². The third-order valence-electron chi connectivity index (χ3n) is 3.15. The molecule has 14 heavy (non-hydrogen) atoms. The van der Waals surface area contributed by atoms with E-state index in [4.69, 9.17) is 5.11 Å². The van der Waals surface area contributed by atoms with E-state index in [1.807, 2.05) is 7.05 Å². The van der Waals surface area contributed by atoms with Crippen molar-refractivity contribution in [3.05, 3.63) is 0 Å². The van der Waals surface area contributed by atoms with E-state index < -0.39 is 0 Å². The molecule has 0 saturated heterocycles. The topological polar surface area (TPSA) is 43.7 Å². The lowest BCUT2D eigenvalue weighted by atomic mass is 9.97. The van der Waals surface area contributed by atoms with E-state index in [1.54, 1.807) is 0 Å². The van der Waals surface area contributed by atoms with Gasteiger partial charge in [0.2, 0.25) is 0 Å². The van der Waals surface area contributed by atoms with Crippen molar-refractivity contribution in [3.63, 3.8) is 0 Å². The van der Waals surface area contributed by atoms with E-state index in [1.165, 1.54) is 19.3 Å². The Hall–Kier alpha value is -0.120. The average molecular weight is 201 g/mol. The molecule has 84 valence electrons. The fourth-order valence-electron chi connectivity index (χ4n) is 2.24. The first-order valence-electron chi connectivity index (χ1n) is 5.71. The normalized spacial score (nSPS) is 29.1. The molecule has 0 aromatic heterocycles. The van der Waals surface area contributed by atoms with Crippen LogP contribution in [0, 0.1) is 5.92 Å². The molecule has 1 aliphatic rings. The van der Waals surface area contributed by atoms with Gasteiger partial charge in [-0.15, -0.1) is 0 Å². The van der Waals surface area contributed by atoms with Crippen molar-refractivity contribution in [2.24, 2.45) is 5.92 Å². The SMILES string of the molecule is CN(CCO)CC1CCCCCC1O. The first-order valence-corrected chi connectivity index (χ1v) is 5.71. The Balaban J connectivity index is 2.32. The second kappa shape index (κ2) is 6.38. The van der Waals surface area contributed by atoms with Crippen LogP contribution < -0.4 is 0 Å². The number of aliphatic hydroxyl groups excluding tert-OH is 2. The largest absolute Gasteiger partial charge is 0.395 e. The van der Waals surface area contributed by atoms with Crippen LogP contribution in [0.5, 0.6) is 0 Å². The molecule has 0 radical (unpaired) electrons. The summed E-state index contributed by atoms with van der Waals surface area (Å²) in [6, 6.07) is 0. The molecule has 1 saturated carbocycles. The molecular formula is C11H23NO2. The summed E-state index contributed by atoms with van der Waals surface area (Å²) in [7, 11) is 2.01. The number of hydrogen-bond acceptors (Lipinski definition) is 3. The summed E-state index contributed by atoms with van der Waals surface area (Å²) in [4.78, 5) is 2.11. The predicted molar refractivity (Wildman–Crippen MR) is 57.2 cm³/mol. The lowest BCUT2D eigenvalue weighted by Gasteiger charge is -2.25. The Kier molecular flexibility index (Phi) is 5.45. The van der Waals surface area contributed by atoms with Crippen LogP contribution in [0.25, 0.3) is 0 Å². The smallest absolute Gasteiger partial charge is 0.0580 e. The fraction of sp³-hybridized carbons (Fsp3) is 1.00. The van der Waals surface area contributed by atoms with E-state index in [0.29, 0.717) is 12.5 Å². The van der Waals surface area contributed by atoms with Gasteiger partial charge in [-0.05, 0) is 25.8 Å². The van der Waals surface area contributed by atoms with Crippen LogP contribution in [-0.2, 0) is 0 Å². The van der Waals surface area contributed by atoms with Gasteiger partial charge in [0.15, 0.2) is 0 Å². The summed E-state index contributed by atoms with van der Waals surface area (Å²) in [6.45, 7) is 1.84. The molecule has 0 heterocycles. The average Bonchev–Trinajstić information content (AvgIpc) is 2.33. The van der Waals surface area contributed by atoms with Crippen molar-refractivity contribution in [2.45, 2.75) is 38.2 Å². The molecule has 1 rings (SSSR count). The Morgan fingerprint density at radius 1 is 1.21 bits per heavy atom. The van der Waals surface area contributed by atoms with E-state index in [2.05, 4.69) is 4.90 Å². The van der Waals surface area contributed by atoms with Gasteiger partial charge in [-0.3, -0.25) is 0 Å². The molecule has 1 fully saturated rings. The van der Waals surface area contributed by atoms with Crippen LogP contribution in [0.1, 0.15) is 32.1 Å². The lowest BCUT2D eigenvalue weighted by Crippen LogP contribution is -2.33. The molecule has 1 aliphatic carbocycles. The highest BCUT2D eigenvalue weighted by Gasteiger charge is 2.22. The molecular weight excluding hydrogens is 178 g/mol. The first kappa shape index (κ1) is 12.0. The van der Waals surface area contributed by atoms with Crippen LogP contribution in [0.15, 0.2) is 0 Å². The third kappa shape index (κ3) is 3.95. The third-order valence-corrected chi connectivity index (χ3v) is 3.15. The summed E-state index contributed by atoms with van der Waals surface area (Å²) in [5.41, 5.74) is 0. The molecule has 2 N–H and O–H groups in total. The molecule has 0 bridgehead atoms. The first-order chi connectivity index (χ1) is 6.74. The minimum absolute atomic E-state index is 0.126. The zero-order valence-corrected chi connectivity index (χ0v) is 9.15. The van der Waals surface area contributed by atoms with Crippen molar-refractivity contribution in [1.29, 1.82) is 0 Å². The standard InChI is InChI=1S/C11H23NO2/c1-12(7-8-13)9-10-5-3-2-4-6-11(10)14/h10-11,13-14H,2-9H2,1H3. The van der Waals surface area contributed by atoms with Crippen LogP contribution in [-0.4, -0.2) is 48.0 Å². The summed E-state index contributed by atoms with van der Waals surface area (Å²) in [5, 5.41) is 18.7. The van der Waals surface area contributed by atoms with Crippen molar-refractivity contribution in [1.82, 2.24) is 4.90 Å². The molecule has 0 spiro atoms. The van der Waals surface area contributed by atoms with E-state index in [-0.39, 0.29) is 12.7 Å². The second-order valence-electron chi connectivity index (χ2n) is 4.45.